The van der Waals surface area contributed by atoms with Gasteiger partial charge >= 0.3 is 0 Å². The third kappa shape index (κ3) is 4.87. The molecule has 114 valence electrons. The van der Waals surface area contributed by atoms with Crippen molar-refractivity contribution in [1.82, 2.24) is 5.32 Å². The lowest BCUT2D eigenvalue weighted by Crippen LogP contribution is -2.34. The first-order valence-corrected chi connectivity index (χ1v) is 8.18. The molecule has 0 aliphatic rings. The molecule has 0 amide bonds. The van der Waals surface area contributed by atoms with Crippen LogP contribution in [0, 0.1) is 13.8 Å². The molecule has 1 N–H and O–H groups in total. The van der Waals surface area contributed by atoms with Gasteiger partial charge in [-0.1, -0.05) is 12.1 Å². The molecule has 0 saturated carbocycles. The summed E-state index contributed by atoms with van der Waals surface area (Å²) >= 11 is 1.82. The maximum atomic E-state index is 5.95. The van der Waals surface area contributed by atoms with Crippen molar-refractivity contribution in [2.24, 2.45) is 0 Å². The van der Waals surface area contributed by atoms with Gasteiger partial charge in [-0.15, -0.1) is 11.3 Å². The van der Waals surface area contributed by atoms with Gasteiger partial charge in [-0.25, -0.2) is 0 Å². The van der Waals surface area contributed by atoms with Gasteiger partial charge in [0.1, 0.15) is 12.4 Å². The van der Waals surface area contributed by atoms with Gasteiger partial charge in [0.25, 0.3) is 0 Å². The Morgan fingerprint density at radius 2 is 1.76 bits per heavy atom. The van der Waals surface area contributed by atoms with Crippen molar-refractivity contribution >= 4 is 11.3 Å². The Morgan fingerprint density at radius 3 is 2.48 bits per heavy atom. The van der Waals surface area contributed by atoms with E-state index in [1.165, 1.54) is 20.9 Å². The van der Waals surface area contributed by atoms with Gasteiger partial charge in [0, 0.05) is 21.8 Å². The minimum absolute atomic E-state index is 0.152. The van der Waals surface area contributed by atoms with E-state index in [0.717, 1.165) is 12.3 Å². The van der Waals surface area contributed by atoms with Crippen LogP contribution in [0.2, 0.25) is 0 Å². The summed E-state index contributed by atoms with van der Waals surface area (Å²) < 4.78 is 5.95. The fraction of sp³-hybridized carbons (Fsp3) is 0.444. The molecule has 0 atom stereocenters. The molecule has 1 aromatic heterocycles. The molecule has 0 saturated heterocycles. The van der Waals surface area contributed by atoms with Crippen molar-refractivity contribution in [3.05, 3.63) is 51.2 Å². The Labute approximate surface area is 132 Å². The number of nitrogens with one attached hydrogen (secondary N) is 1. The van der Waals surface area contributed by atoms with E-state index in [-0.39, 0.29) is 5.54 Å². The molecule has 2 aromatic rings. The fourth-order valence-corrected chi connectivity index (χ4v) is 2.85. The number of aryl methyl sites for hydroxylation is 1. The summed E-state index contributed by atoms with van der Waals surface area (Å²) in [6.07, 6.45) is 0. The Hall–Kier alpha value is -1.32. The molecule has 2 nitrogen and oxygen atoms in total. The van der Waals surface area contributed by atoms with Crippen LogP contribution in [0.15, 0.2) is 30.3 Å². The fourth-order valence-electron chi connectivity index (χ4n) is 1.98. The second-order valence-electron chi connectivity index (χ2n) is 6.46. The topological polar surface area (TPSA) is 21.3 Å². The first kappa shape index (κ1) is 16.1. The molecular weight excluding hydrogens is 278 g/mol. The van der Waals surface area contributed by atoms with Crippen LogP contribution >= 0.6 is 11.3 Å². The number of rotatable bonds is 5. The van der Waals surface area contributed by atoms with Crippen LogP contribution < -0.4 is 10.1 Å². The number of ether oxygens (including phenoxy) is 1. The minimum Gasteiger partial charge on any atom is -0.488 e. The summed E-state index contributed by atoms with van der Waals surface area (Å²) in [7, 11) is 0. The molecule has 0 radical (unpaired) electrons. The summed E-state index contributed by atoms with van der Waals surface area (Å²) in [6.45, 7) is 12.3. The predicted molar refractivity (Wildman–Crippen MR) is 91.2 cm³/mol. The zero-order chi connectivity index (χ0) is 15.5. The summed E-state index contributed by atoms with van der Waals surface area (Å²) in [4.78, 5) is 2.62. The van der Waals surface area contributed by atoms with Crippen molar-refractivity contribution in [3.63, 3.8) is 0 Å². The van der Waals surface area contributed by atoms with Gasteiger partial charge in [0.15, 0.2) is 0 Å². The summed E-state index contributed by atoms with van der Waals surface area (Å²) in [5.41, 5.74) is 2.65. The Kier molecular flexibility index (Phi) is 5.07. The molecule has 0 aliphatic heterocycles. The molecule has 1 aromatic carbocycles. The summed E-state index contributed by atoms with van der Waals surface area (Å²) in [5.74, 6) is 0.984. The van der Waals surface area contributed by atoms with E-state index in [1.807, 2.05) is 23.5 Å². The third-order valence-corrected chi connectivity index (χ3v) is 4.49. The normalized spacial score (nSPS) is 11.7. The van der Waals surface area contributed by atoms with Gasteiger partial charge in [-0.3, -0.25) is 0 Å². The molecule has 0 aliphatic carbocycles. The van der Waals surface area contributed by atoms with Crippen LogP contribution in [0.5, 0.6) is 5.75 Å². The van der Waals surface area contributed by atoms with E-state index in [0.29, 0.717) is 6.61 Å². The molecule has 21 heavy (non-hydrogen) atoms. The molecule has 1 heterocycles. The SMILES string of the molecule is Cc1cccc(OCc2ccc(CNC(C)(C)C)s2)c1C. The average Bonchev–Trinajstić information content (AvgIpc) is 2.85. The van der Waals surface area contributed by atoms with Crippen LogP contribution in [-0.4, -0.2) is 5.54 Å². The Bertz CT molecular complexity index is 596. The molecule has 0 spiro atoms. The first-order valence-electron chi connectivity index (χ1n) is 7.37. The van der Waals surface area contributed by atoms with Gasteiger partial charge in [-0.2, -0.15) is 0 Å². The second kappa shape index (κ2) is 6.63. The van der Waals surface area contributed by atoms with E-state index >= 15 is 0 Å². The molecule has 3 heteroatoms. The van der Waals surface area contributed by atoms with Crippen molar-refractivity contribution in [2.75, 3.05) is 0 Å². The quantitative estimate of drug-likeness (QED) is 0.854. The van der Waals surface area contributed by atoms with Crippen molar-refractivity contribution in [3.8, 4) is 5.75 Å². The van der Waals surface area contributed by atoms with Gasteiger partial charge in [0.05, 0.1) is 0 Å². The van der Waals surface area contributed by atoms with Crippen molar-refractivity contribution in [1.29, 1.82) is 0 Å². The zero-order valence-corrected chi connectivity index (χ0v) is 14.4. The van der Waals surface area contributed by atoms with E-state index in [9.17, 15) is 0 Å². The largest absolute Gasteiger partial charge is 0.488 e. The molecule has 0 unspecified atom stereocenters. The Balaban J connectivity index is 1.92. The van der Waals surface area contributed by atoms with Crippen molar-refractivity contribution < 1.29 is 4.74 Å². The van der Waals surface area contributed by atoms with Crippen molar-refractivity contribution in [2.45, 2.75) is 53.3 Å². The van der Waals surface area contributed by atoms with Crippen LogP contribution in [-0.2, 0) is 13.2 Å². The van der Waals surface area contributed by atoms with Gasteiger partial charge in [-0.05, 0) is 63.9 Å². The molecule has 2 rings (SSSR count). The number of thiophene rings is 1. The lowest BCUT2D eigenvalue weighted by molar-refractivity contribution is 0.307. The summed E-state index contributed by atoms with van der Waals surface area (Å²) in [6, 6.07) is 10.5. The highest BCUT2D eigenvalue weighted by Crippen LogP contribution is 2.24. The first-order chi connectivity index (χ1) is 9.85. The molecule has 0 bridgehead atoms. The number of hydrogen-bond donors (Lipinski definition) is 1. The molecular formula is C18H25NOS. The maximum absolute atomic E-state index is 5.95. The van der Waals surface area contributed by atoms with E-state index in [2.05, 4.69) is 58.1 Å². The second-order valence-corrected chi connectivity index (χ2v) is 7.71. The zero-order valence-electron chi connectivity index (χ0n) is 13.6. The lowest BCUT2D eigenvalue weighted by atomic mass is 10.1. The van der Waals surface area contributed by atoms with E-state index < -0.39 is 0 Å². The standard InChI is InChI=1S/C18H25NOS/c1-13-7-6-8-17(14(13)2)20-12-16-10-9-15(21-16)11-19-18(3,4)5/h6-10,19H,11-12H2,1-5H3. The minimum atomic E-state index is 0.152. The monoisotopic (exact) mass is 303 g/mol. The third-order valence-electron chi connectivity index (χ3n) is 3.44. The van der Waals surface area contributed by atoms with Crippen LogP contribution in [0.3, 0.4) is 0 Å². The molecule has 0 fully saturated rings. The van der Waals surface area contributed by atoms with Gasteiger partial charge < -0.3 is 10.1 Å². The van der Waals surface area contributed by atoms with Crippen LogP contribution in [0.25, 0.3) is 0 Å². The highest BCUT2D eigenvalue weighted by atomic mass is 32.1. The Morgan fingerprint density at radius 1 is 1.05 bits per heavy atom. The van der Waals surface area contributed by atoms with E-state index in [1.54, 1.807) is 0 Å². The highest BCUT2D eigenvalue weighted by Gasteiger charge is 2.10. The van der Waals surface area contributed by atoms with Gasteiger partial charge in [0.2, 0.25) is 0 Å². The lowest BCUT2D eigenvalue weighted by Gasteiger charge is -2.19. The number of benzene rings is 1. The average molecular weight is 303 g/mol. The summed E-state index contributed by atoms with van der Waals surface area (Å²) in [5, 5.41) is 3.51. The maximum Gasteiger partial charge on any atom is 0.123 e. The van der Waals surface area contributed by atoms with Crippen LogP contribution in [0.4, 0.5) is 0 Å². The van der Waals surface area contributed by atoms with Crippen LogP contribution in [0.1, 0.15) is 41.7 Å². The smallest absolute Gasteiger partial charge is 0.123 e. The number of hydrogen-bond acceptors (Lipinski definition) is 3. The predicted octanol–water partition coefficient (Wildman–Crippen LogP) is 4.83. The highest BCUT2D eigenvalue weighted by molar-refractivity contribution is 7.11. The van der Waals surface area contributed by atoms with E-state index in [4.69, 9.17) is 4.74 Å².